The van der Waals surface area contributed by atoms with Gasteiger partial charge in [0.2, 0.25) is 0 Å². The summed E-state index contributed by atoms with van der Waals surface area (Å²) in [5.41, 5.74) is -0.00917. The second-order valence-electron chi connectivity index (χ2n) is 8.12. The summed E-state index contributed by atoms with van der Waals surface area (Å²) in [5, 5.41) is 9.90. The second kappa shape index (κ2) is 13.4. The van der Waals surface area contributed by atoms with E-state index < -0.39 is 0 Å². The Labute approximate surface area is 156 Å². The van der Waals surface area contributed by atoms with Gasteiger partial charge in [0.05, 0.1) is 11.6 Å². The van der Waals surface area contributed by atoms with Gasteiger partial charge in [-0.3, -0.25) is 0 Å². The predicted octanol–water partition coefficient (Wildman–Crippen LogP) is 6.20. The number of aliphatic hydroxyl groups excluding tert-OH is 1. The molecule has 3 heteroatoms. The third kappa shape index (κ3) is 12.2. The van der Waals surface area contributed by atoms with E-state index in [1.54, 1.807) is 0 Å². The number of rotatable bonds is 15. The molecule has 0 radical (unpaired) electrons. The first-order valence-electron chi connectivity index (χ1n) is 10.6. The molecule has 1 heterocycles. The van der Waals surface area contributed by atoms with Gasteiger partial charge in [-0.2, -0.15) is 0 Å². The molecular weight excluding hydrogens is 310 g/mol. The Kier molecular flexibility index (Phi) is 11.9. The molecule has 0 saturated carbocycles. The van der Waals surface area contributed by atoms with Crippen molar-refractivity contribution < 1.29 is 9.84 Å². The average Bonchev–Trinajstić information content (AvgIpc) is 2.92. The van der Waals surface area contributed by atoms with Gasteiger partial charge in [-0.05, 0) is 46.0 Å². The fourth-order valence-electron chi connectivity index (χ4n) is 3.15. The monoisotopic (exact) mass is 351 g/mol. The van der Waals surface area contributed by atoms with E-state index in [1.807, 2.05) is 0 Å². The van der Waals surface area contributed by atoms with Crippen molar-refractivity contribution in [2.45, 2.75) is 116 Å². The molecule has 0 spiro atoms. The smallest absolute Gasteiger partial charge is 0.183 e. The van der Waals surface area contributed by atoms with Crippen molar-refractivity contribution in [1.29, 1.82) is 0 Å². The lowest BCUT2D eigenvalue weighted by molar-refractivity contribution is 0.163. The molecule has 25 heavy (non-hydrogen) atoms. The summed E-state index contributed by atoms with van der Waals surface area (Å²) in [5.74, 6) is 0.959. The molecule has 0 bridgehead atoms. The Hall–Kier alpha value is -0.830. The van der Waals surface area contributed by atoms with Gasteiger partial charge < -0.3 is 9.84 Å². The zero-order valence-corrected chi connectivity index (χ0v) is 16.9. The van der Waals surface area contributed by atoms with Gasteiger partial charge >= 0.3 is 0 Å². The highest BCUT2D eigenvalue weighted by Gasteiger charge is 2.25. The number of nitrogens with zero attached hydrogens (tertiary/aromatic N) is 1. The van der Waals surface area contributed by atoms with Gasteiger partial charge in [-0.1, -0.05) is 64.0 Å². The van der Waals surface area contributed by atoms with E-state index >= 15 is 0 Å². The first-order chi connectivity index (χ1) is 12.0. The van der Waals surface area contributed by atoms with Crippen molar-refractivity contribution >= 4 is 5.90 Å². The minimum atomic E-state index is -0.140. The average molecular weight is 352 g/mol. The fourth-order valence-corrected chi connectivity index (χ4v) is 3.15. The van der Waals surface area contributed by atoms with Crippen molar-refractivity contribution in [3.05, 3.63) is 12.2 Å². The molecule has 0 amide bonds. The third-order valence-electron chi connectivity index (χ3n) is 4.75. The SMILES string of the molecule is CCCCCCC(O)C/C=C/CCCCCCCC1=NC(C)(C)CO1. The highest BCUT2D eigenvalue weighted by Crippen LogP contribution is 2.19. The molecule has 0 fully saturated rings. The maximum atomic E-state index is 9.90. The Morgan fingerprint density at radius 2 is 1.76 bits per heavy atom. The number of ether oxygens (including phenoxy) is 1. The van der Waals surface area contributed by atoms with Crippen LogP contribution in [0.4, 0.5) is 0 Å². The quantitative estimate of drug-likeness (QED) is 0.282. The van der Waals surface area contributed by atoms with E-state index in [2.05, 4.69) is 37.9 Å². The fraction of sp³-hybridized carbons (Fsp3) is 0.864. The number of hydrogen-bond donors (Lipinski definition) is 1. The van der Waals surface area contributed by atoms with E-state index in [-0.39, 0.29) is 11.6 Å². The third-order valence-corrected chi connectivity index (χ3v) is 4.75. The first kappa shape index (κ1) is 22.2. The van der Waals surface area contributed by atoms with Gasteiger partial charge in [0, 0.05) is 6.42 Å². The molecule has 0 aromatic heterocycles. The molecule has 1 N–H and O–H groups in total. The van der Waals surface area contributed by atoms with Crippen molar-refractivity contribution in [2.24, 2.45) is 4.99 Å². The summed E-state index contributed by atoms with van der Waals surface area (Å²) in [6.45, 7) is 7.21. The van der Waals surface area contributed by atoms with E-state index in [4.69, 9.17) is 4.74 Å². The molecule has 0 aromatic rings. The van der Waals surface area contributed by atoms with Crippen LogP contribution in [0.15, 0.2) is 17.1 Å². The summed E-state index contributed by atoms with van der Waals surface area (Å²) < 4.78 is 5.62. The molecule has 1 rings (SSSR count). The van der Waals surface area contributed by atoms with E-state index in [0.29, 0.717) is 0 Å². The lowest BCUT2D eigenvalue weighted by atomic mass is 10.1. The van der Waals surface area contributed by atoms with Crippen LogP contribution in [0.2, 0.25) is 0 Å². The number of aliphatic hydroxyl groups is 1. The number of hydrogen-bond acceptors (Lipinski definition) is 3. The first-order valence-corrected chi connectivity index (χ1v) is 10.6. The zero-order valence-electron chi connectivity index (χ0n) is 16.9. The Balaban J connectivity index is 1.86. The maximum Gasteiger partial charge on any atom is 0.183 e. The second-order valence-corrected chi connectivity index (χ2v) is 8.12. The number of allylic oxidation sites excluding steroid dienone is 1. The number of aliphatic imine (C=N–C) groups is 1. The predicted molar refractivity (Wildman–Crippen MR) is 108 cm³/mol. The van der Waals surface area contributed by atoms with Crippen LogP contribution < -0.4 is 0 Å². The van der Waals surface area contributed by atoms with E-state index in [1.165, 1.54) is 51.4 Å². The van der Waals surface area contributed by atoms with Gasteiger partial charge in [0.25, 0.3) is 0 Å². The Morgan fingerprint density at radius 3 is 2.48 bits per heavy atom. The minimum Gasteiger partial charge on any atom is -0.478 e. The lowest BCUT2D eigenvalue weighted by Gasteiger charge is -2.07. The Bertz CT molecular complexity index is 387. The van der Waals surface area contributed by atoms with Crippen molar-refractivity contribution in [2.75, 3.05) is 6.61 Å². The zero-order chi connectivity index (χ0) is 18.4. The molecule has 146 valence electrons. The van der Waals surface area contributed by atoms with Crippen LogP contribution in [0.25, 0.3) is 0 Å². The summed E-state index contributed by atoms with van der Waals surface area (Å²) >= 11 is 0. The van der Waals surface area contributed by atoms with Crippen LogP contribution in [0, 0.1) is 0 Å². The summed E-state index contributed by atoms with van der Waals surface area (Å²) in [6, 6.07) is 0. The minimum absolute atomic E-state index is 0.00917. The molecule has 1 atom stereocenters. The van der Waals surface area contributed by atoms with Crippen molar-refractivity contribution in [3.63, 3.8) is 0 Å². The van der Waals surface area contributed by atoms with Crippen LogP contribution in [-0.2, 0) is 4.74 Å². The van der Waals surface area contributed by atoms with Crippen LogP contribution in [0.1, 0.15) is 104 Å². The molecule has 0 aliphatic carbocycles. The molecule has 1 unspecified atom stereocenters. The summed E-state index contributed by atoms with van der Waals surface area (Å²) in [6.07, 6.45) is 19.5. The molecule has 3 nitrogen and oxygen atoms in total. The number of unbranched alkanes of at least 4 members (excludes halogenated alkanes) is 8. The van der Waals surface area contributed by atoms with Gasteiger partial charge in [-0.25, -0.2) is 4.99 Å². The van der Waals surface area contributed by atoms with E-state index in [0.717, 1.165) is 44.6 Å². The van der Waals surface area contributed by atoms with Gasteiger partial charge in [0.1, 0.15) is 6.61 Å². The molecule has 0 aromatic carbocycles. The maximum absolute atomic E-state index is 9.90. The molecular formula is C22H41NO2. The topological polar surface area (TPSA) is 41.8 Å². The van der Waals surface area contributed by atoms with Crippen molar-refractivity contribution in [3.8, 4) is 0 Å². The molecule has 0 saturated heterocycles. The van der Waals surface area contributed by atoms with E-state index in [9.17, 15) is 5.11 Å². The van der Waals surface area contributed by atoms with Gasteiger partial charge in [-0.15, -0.1) is 0 Å². The van der Waals surface area contributed by atoms with Gasteiger partial charge in [0.15, 0.2) is 5.90 Å². The van der Waals surface area contributed by atoms with Crippen LogP contribution in [0.3, 0.4) is 0 Å². The standard InChI is InChI=1S/C22H41NO2/c1-4-5-6-13-16-20(24)17-14-11-9-7-8-10-12-15-18-21-23-22(2,3)19-25-21/h11,14,20,24H,4-10,12-13,15-19H2,1-3H3/b14-11+. The van der Waals surface area contributed by atoms with Crippen LogP contribution in [-0.4, -0.2) is 29.3 Å². The highest BCUT2D eigenvalue weighted by molar-refractivity contribution is 5.78. The molecule has 1 aliphatic rings. The normalized spacial score (nSPS) is 17.7. The Morgan fingerprint density at radius 1 is 1.04 bits per heavy atom. The molecule has 1 aliphatic heterocycles. The summed E-state index contributed by atoms with van der Waals surface area (Å²) in [4.78, 5) is 4.59. The van der Waals surface area contributed by atoms with Crippen LogP contribution in [0.5, 0.6) is 0 Å². The highest BCUT2D eigenvalue weighted by atomic mass is 16.5. The van der Waals surface area contributed by atoms with Crippen LogP contribution >= 0.6 is 0 Å². The largest absolute Gasteiger partial charge is 0.478 e. The lowest BCUT2D eigenvalue weighted by Crippen LogP contribution is -2.17. The van der Waals surface area contributed by atoms with Crippen molar-refractivity contribution in [1.82, 2.24) is 0 Å². The summed E-state index contributed by atoms with van der Waals surface area (Å²) in [7, 11) is 0.